The van der Waals surface area contributed by atoms with Gasteiger partial charge in [-0.1, -0.05) is 44.4 Å². The molecule has 2 aromatic carbocycles. The molecule has 0 fully saturated rings. The van der Waals surface area contributed by atoms with Crippen molar-refractivity contribution in [3.63, 3.8) is 0 Å². The lowest BCUT2D eigenvalue weighted by atomic mass is 10.0. The molecule has 0 unspecified atom stereocenters. The minimum Gasteiger partial charge on any atom is -0.506 e. The first-order chi connectivity index (χ1) is 11.4. The van der Waals surface area contributed by atoms with E-state index in [-0.39, 0.29) is 0 Å². The van der Waals surface area contributed by atoms with Gasteiger partial charge >= 0.3 is 0 Å². The van der Waals surface area contributed by atoms with Crippen LogP contribution in [-0.4, -0.2) is 18.1 Å². The molecule has 0 spiro atoms. The summed E-state index contributed by atoms with van der Waals surface area (Å²) in [5.74, 6) is 0.408. The Hall–Kier alpha value is -2.05. The zero-order valence-corrected chi connectivity index (χ0v) is 14.4. The normalized spacial score (nSPS) is 11.4. The van der Waals surface area contributed by atoms with Gasteiger partial charge in [0.2, 0.25) is 0 Å². The van der Waals surface area contributed by atoms with Crippen LogP contribution in [0.25, 0.3) is 0 Å². The van der Waals surface area contributed by atoms with Crippen molar-refractivity contribution in [2.75, 3.05) is 0 Å². The van der Waals surface area contributed by atoms with Crippen molar-refractivity contribution in [1.29, 1.82) is 0 Å². The summed E-state index contributed by atoms with van der Waals surface area (Å²) in [5, 5.41) is 9.93. The maximum Gasteiger partial charge on any atom is 0.298 e. The third-order valence-corrected chi connectivity index (χ3v) is 4.68. The Morgan fingerprint density at radius 1 is 1.00 bits per heavy atom. The van der Waals surface area contributed by atoms with E-state index < -0.39 is 20.8 Å². The van der Waals surface area contributed by atoms with E-state index in [4.69, 9.17) is 4.74 Å². The van der Waals surface area contributed by atoms with Crippen LogP contribution in [0.15, 0.2) is 47.4 Å². The van der Waals surface area contributed by atoms with Crippen LogP contribution >= 0.6 is 0 Å². The lowest BCUT2D eigenvalue weighted by molar-refractivity contribution is 0.429. The molecule has 24 heavy (non-hydrogen) atoms. The standard InChI is InChI=1S/C18H22O5S/c1-2-3-4-8-11-15-17(23-14-9-6-5-7-10-14)13-12-16(19)18(15)24(20,21)22/h5-7,9-10,12-13,19H,2-4,8,11H2,1H3,(H,20,21,22). The molecule has 0 aliphatic heterocycles. The summed E-state index contributed by atoms with van der Waals surface area (Å²) in [7, 11) is -4.55. The molecule has 0 atom stereocenters. The van der Waals surface area contributed by atoms with E-state index in [9.17, 15) is 18.1 Å². The topological polar surface area (TPSA) is 83.8 Å². The number of unbranched alkanes of at least 4 members (excludes halogenated alkanes) is 3. The number of hydrogen-bond donors (Lipinski definition) is 2. The first kappa shape index (κ1) is 18.3. The number of phenolic OH excluding ortho intramolecular Hbond substituents is 1. The van der Waals surface area contributed by atoms with Gasteiger partial charge in [0.25, 0.3) is 10.1 Å². The van der Waals surface area contributed by atoms with E-state index in [1.165, 1.54) is 12.1 Å². The van der Waals surface area contributed by atoms with Crippen molar-refractivity contribution in [2.24, 2.45) is 0 Å². The van der Waals surface area contributed by atoms with Crippen LogP contribution in [-0.2, 0) is 16.5 Å². The van der Waals surface area contributed by atoms with E-state index in [0.717, 1.165) is 25.7 Å². The van der Waals surface area contributed by atoms with Crippen molar-refractivity contribution in [2.45, 2.75) is 43.9 Å². The van der Waals surface area contributed by atoms with E-state index >= 15 is 0 Å². The van der Waals surface area contributed by atoms with Crippen LogP contribution in [0, 0.1) is 0 Å². The van der Waals surface area contributed by atoms with Crippen LogP contribution in [0.5, 0.6) is 17.2 Å². The molecule has 2 aromatic rings. The van der Waals surface area contributed by atoms with Crippen LogP contribution in [0.2, 0.25) is 0 Å². The third-order valence-electron chi connectivity index (χ3n) is 3.71. The second kappa shape index (κ2) is 8.17. The average Bonchev–Trinajstić information content (AvgIpc) is 2.53. The molecule has 6 heteroatoms. The number of hydrogen-bond acceptors (Lipinski definition) is 4. The highest BCUT2D eigenvalue weighted by Crippen LogP contribution is 2.36. The maximum atomic E-state index is 11.7. The lowest BCUT2D eigenvalue weighted by Gasteiger charge is -2.15. The van der Waals surface area contributed by atoms with Crippen molar-refractivity contribution in [3.05, 3.63) is 48.0 Å². The van der Waals surface area contributed by atoms with Gasteiger partial charge < -0.3 is 9.84 Å². The minimum atomic E-state index is -4.55. The van der Waals surface area contributed by atoms with E-state index in [2.05, 4.69) is 6.92 Å². The van der Waals surface area contributed by atoms with Crippen molar-refractivity contribution in [3.8, 4) is 17.2 Å². The van der Waals surface area contributed by atoms with Crippen LogP contribution in [0.4, 0.5) is 0 Å². The second-order valence-electron chi connectivity index (χ2n) is 5.59. The molecule has 0 bridgehead atoms. The molecular weight excluding hydrogens is 328 g/mol. The molecule has 5 nitrogen and oxygen atoms in total. The molecule has 130 valence electrons. The molecular formula is C18H22O5S. The van der Waals surface area contributed by atoms with E-state index in [1.807, 2.05) is 6.07 Å². The Bertz CT molecular complexity index is 769. The zero-order chi connectivity index (χ0) is 17.6. The first-order valence-electron chi connectivity index (χ1n) is 7.98. The molecule has 2 N–H and O–H groups in total. The Labute approximate surface area is 142 Å². The Kier molecular flexibility index (Phi) is 6.23. The second-order valence-corrected chi connectivity index (χ2v) is 6.95. The monoisotopic (exact) mass is 350 g/mol. The van der Waals surface area contributed by atoms with Crippen molar-refractivity contribution >= 4 is 10.1 Å². The first-order valence-corrected chi connectivity index (χ1v) is 9.42. The summed E-state index contributed by atoms with van der Waals surface area (Å²) in [6, 6.07) is 11.7. The van der Waals surface area contributed by atoms with Gasteiger partial charge in [0.15, 0.2) is 0 Å². The maximum absolute atomic E-state index is 11.7. The molecule has 0 radical (unpaired) electrons. The Morgan fingerprint density at radius 2 is 1.71 bits per heavy atom. The molecule has 0 aromatic heterocycles. The van der Waals surface area contributed by atoms with E-state index in [0.29, 0.717) is 23.5 Å². The fourth-order valence-electron chi connectivity index (χ4n) is 2.56. The molecule has 0 aliphatic rings. The number of ether oxygens (including phenoxy) is 1. The smallest absolute Gasteiger partial charge is 0.298 e. The Morgan fingerprint density at radius 3 is 2.33 bits per heavy atom. The lowest BCUT2D eigenvalue weighted by Crippen LogP contribution is -2.06. The van der Waals surface area contributed by atoms with Crippen molar-refractivity contribution < 1.29 is 22.8 Å². The van der Waals surface area contributed by atoms with Crippen molar-refractivity contribution in [1.82, 2.24) is 0 Å². The summed E-state index contributed by atoms with van der Waals surface area (Å²) in [4.78, 5) is -0.465. The quantitative estimate of drug-likeness (QED) is 0.539. The summed E-state index contributed by atoms with van der Waals surface area (Å²) in [6.45, 7) is 2.09. The summed E-state index contributed by atoms with van der Waals surface area (Å²) in [5.41, 5.74) is 0.303. The fraction of sp³-hybridized carbons (Fsp3) is 0.333. The summed E-state index contributed by atoms with van der Waals surface area (Å²) >= 11 is 0. The van der Waals surface area contributed by atoms with Crippen LogP contribution < -0.4 is 4.74 Å². The fourth-order valence-corrected chi connectivity index (χ4v) is 3.41. The SMILES string of the molecule is CCCCCCc1c(Oc2ccccc2)ccc(O)c1S(=O)(=O)O. The van der Waals surface area contributed by atoms with Gasteiger partial charge in [-0.3, -0.25) is 4.55 Å². The number of benzene rings is 2. The number of aromatic hydroxyl groups is 1. The molecule has 0 heterocycles. The van der Waals surface area contributed by atoms with E-state index in [1.54, 1.807) is 24.3 Å². The molecule has 0 aliphatic carbocycles. The predicted molar refractivity (Wildman–Crippen MR) is 92.3 cm³/mol. The zero-order valence-electron chi connectivity index (χ0n) is 13.6. The molecule has 0 saturated carbocycles. The predicted octanol–water partition coefficient (Wildman–Crippen LogP) is 4.55. The van der Waals surface area contributed by atoms with Gasteiger partial charge in [0.05, 0.1) is 0 Å². The minimum absolute atomic E-state index is 0.303. The van der Waals surface area contributed by atoms with Crippen LogP contribution in [0.1, 0.15) is 38.2 Å². The third kappa shape index (κ3) is 4.72. The highest BCUT2D eigenvalue weighted by Gasteiger charge is 2.24. The number of rotatable bonds is 8. The van der Waals surface area contributed by atoms with Gasteiger partial charge in [-0.25, -0.2) is 0 Å². The molecule has 0 saturated heterocycles. The van der Waals surface area contributed by atoms with Gasteiger partial charge in [0, 0.05) is 5.56 Å². The highest BCUT2D eigenvalue weighted by molar-refractivity contribution is 7.86. The highest BCUT2D eigenvalue weighted by atomic mass is 32.2. The average molecular weight is 350 g/mol. The van der Waals surface area contributed by atoms with Gasteiger partial charge in [-0.2, -0.15) is 8.42 Å². The van der Waals surface area contributed by atoms with Gasteiger partial charge in [-0.15, -0.1) is 0 Å². The van der Waals surface area contributed by atoms with Gasteiger partial charge in [0.1, 0.15) is 22.1 Å². The Balaban J connectivity index is 2.41. The molecule has 0 amide bonds. The summed E-state index contributed by atoms with van der Waals surface area (Å²) < 4.78 is 38.7. The molecule has 2 rings (SSSR count). The van der Waals surface area contributed by atoms with Crippen LogP contribution in [0.3, 0.4) is 0 Å². The number of phenols is 1. The number of para-hydroxylation sites is 1. The van der Waals surface area contributed by atoms with Gasteiger partial charge in [-0.05, 0) is 37.1 Å². The summed E-state index contributed by atoms with van der Waals surface area (Å²) in [6.07, 6.45) is 4.16. The largest absolute Gasteiger partial charge is 0.506 e.